The van der Waals surface area contributed by atoms with E-state index < -0.39 is 11.9 Å². The van der Waals surface area contributed by atoms with Crippen LogP contribution in [-0.2, 0) is 9.59 Å². The van der Waals surface area contributed by atoms with Gasteiger partial charge in [0.05, 0.1) is 5.69 Å². The second-order valence-electron chi connectivity index (χ2n) is 3.91. The molecular weight excluding hydrogens is 234 g/mol. The number of carbonyl (C=O) groups is 2. The Kier molecular flexibility index (Phi) is 3.23. The van der Waals surface area contributed by atoms with E-state index >= 15 is 0 Å². The van der Waals surface area contributed by atoms with E-state index in [0.717, 1.165) is 5.69 Å². The third-order valence-electron chi connectivity index (χ3n) is 2.56. The average molecular weight is 245 g/mol. The standard InChI is InChI=1S/C13H11NO4/c1-8-5-12(18-14-8)10-4-2-3-9(6-10)11(7-15)13(16)17/h2-7,11H,1H3,(H,16,17). The summed E-state index contributed by atoms with van der Waals surface area (Å²) in [7, 11) is 0. The molecule has 0 aliphatic rings. The second kappa shape index (κ2) is 4.83. The predicted octanol–water partition coefficient (Wildman–Crippen LogP) is 2.02. The molecule has 0 spiro atoms. The molecule has 2 aromatic rings. The number of nitrogens with zero attached hydrogens (tertiary/aromatic N) is 1. The maximum absolute atomic E-state index is 10.9. The van der Waals surface area contributed by atoms with E-state index in [0.29, 0.717) is 23.2 Å². The molecule has 5 nitrogen and oxygen atoms in total. The first-order valence-corrected chi connectivity index (χ1v) is 5.33. The van der Waals surface area contributed by atoms with Crippen LogP contribution in [0.3, 0.4) is 0 Å². The topological polar surface area (TPSA) is 80.4 Å². The van der Waals surface area contributed by atoms with Gasteiger partial charge in [0.1, 0.15) is 12.2 Å². The van der Waals surface area contributed by atoms with E-state index in [1.54, 1.807) is 37.3 Å². The van der Waals surface area contributed by atoms with E-state index in [1.807, 2.05) is 0 Å². The van der Waals surface area contributed by atoms with Gasteiger partial charge in [-0.2, -0.15) is 0 Å². The number of benzene rings is 1. The minimum absolute atomic E-state index is 0.410. The van der Waals surface area contributed by atoms with Crippen LogP contribution in [-0.4, -0.2) is 22.5 Å². The Bertz CT molecular complexity index is 588. The Morgan fingerprint density at radius 2 is 2.22 bits per heavy atom. The summed E-state index contributed by atoms with van der Waals surface area (Å²) in [5, 5.41) is 12.7. The molecule has 1 N–H and O–H groups in total. The van der Waals surface area contributed by atoms with Crippen LogP contribution in [0.4, 0.5) is 0 Å². The number of rotatable bonds is 4. The van der Waals surface area contributed by atoms with Gasteiger partial charge in [-0.05, 0) is 18.6 Å². The van der Waals surface area contributed by atoms with Gasteiger partial charge in [0.15, 0.2) is 5.76 Å². The Balaban J connectivity index is 2.41. The van der Waals surface area contributed by atoms with Gasteiger partial charge < -0.3 is 14.4 Å². The zero-order valence-electron chi connectivity index (χ0n) is 9.66. The van der Waals surface area contributed by atoms with Gasteiger partial charge in [0, 0.05) is 11.6 Å². The molecule has 18 heavy (non-hydrogen) atoms. The van der Waals surface area contributed by atoms with Crippen molar-refractivity contribution in [1.82, 2.24) is 5.16 Å². The molecule has 1 heterocycles. The van der Waals surface area contributed by atoms with E-state index in [9.17, 15) is 9.59 Å². The minimum Gasteiger partial charge on any atom is -0.480 e. The summed E-state index contributed by atoms with van der Waals surface area (Å²) in [5.74, 6) is -1.78. The second-order valence-corrected chi connectivity index (χ2v) is 3.91. The summed E-state index contributed by atoms with van der Waals surface area (Å²) in [5.41, 5.74) is 1.85. The lowest BCUT2D eigenvalue weighted by Gasteiger charge is -2.06. The largest absolute Gasteiger partial charge is 0.480 e. The molecule has 1 aromatic heterocycles. The number of aliphatic carboxylic acids is 1. The van der Waals surface area contributed by atoms with Gasteiger partial charge >= 0.3 is 5.97 Å². The molecule has 1 aromatic carbocycles. The summed E-state index contributed by atoms with van der Waals surface area (Å²) in [4.78, 5) is 21.7. The summed E-state index contributed by atoms with van der Waals surface area (Å²) < 4.78 is 5.09. The molecular formula is C13H11NO4. The summed E-state index contributed by atoms with van der Waals surface area (Å²) in [6, 6.07) is 8.41. The van der Waals surface area contributed by atoms with Crippen molar-refractivity contribution in [3.63, 3.8) is 0 Å². The van der Waals surface area contributed by atoms with Crippen LogP contribution in [0.1, 0.15) is 17.2 Å². The Morgan fingerprint density at radius 1 is 1.44 bits per heavy atom. The number of hydrogen-bond acceptors (Lipinski definition) is 4. The molecule has 2 rings (SSSR count). The molecule has 1 atom stereocenters. The minimum atomic E-state index is -1.17. The molecule has 0 bridgehead atoms. The Morgan fingerprint density at radius 3 is 2.78 bits per heavy atom. The third kappa shape index (κ3) is 2.29. The van der Waals surface area contributed by atoms with Gasteiger partial charge in [-0.25, -0.2) is 0 Å². The molecule has 0 fully saturated rings. The number of aromatic nitrogens is 1. The van der Waals surface area contributed by atoms with Gasteiger partial charge in [-0.3, -0.25) is 4.79 Å². The van der Waals surface area contributed by atoms with E-state index in [1.165, 1.54) is 0 Å². The Labute approximate surface area is 103 Å². The zero-order chi connectivity index (χ0) is 13.1. The summed E-state index contributed by atoms with van der Waals surface area (Å²) in [6.07, 6.45) is 0.410. The van der Waals surface area contributed by atoms with Crippen LogP contribution in [0.2, 0.25) is 0 Å². The van der Waals surface area contributed by atoms with E-state index in [-0.39, 0.29) is 0 Å². The van der Waals surface area contributed by atoms with Crippen molar-refractivity contribution >= 4 is 12.3 Å². The number of aldehydes is 1. The smallest absolute Gasteiger partial charge is 0.318 e. The first kappa shape index (κ1) is 12.0. The van der Waals surface area contributed by atoms with Crippen molar-refractivity contribution in [2.75, 3.05) is 0 Å². The van der Waals surface area contributed by atoms with Crippen LogP contribution in [0.25, 0.3) is 11.3 Å². The summed E-state index contributed by atoms with van der Waals surface area (Å²) in [6.45, 7) is 1.79. The van der Waals surface area contributed by atoms with Crippen LogP contribution in [0, 0.1) is 6.92 Å². The Hall–Kier alpha value is -2.43. The van der Waals surface area contributed by atoms with Gasteiger partial charge in [-0.1, -0.05) is 23.4 Å². The molecule has 0 amide bonds. The molecule has 0 saturated carbocycles. The van der Waals surface area contributed by atoms with Gasteiger partial charge in [0.2, 0.25) is 0 Å². The quantitative estimate of drug-likeness (QED) is 0.658. The molecule has 0 aliphatic heterocycles. The monoisotopic (exact) mass is 245 g/mol. The SMILES string of the molecule is Cc1cc(-c2cccc(C(C=O)C(=O)O)c2)on1. The molecule has 0 radical (unpaired) electrons. The first-order valence-electron chi connectivity index (χ1n) is 5.33. The fraction of sp³-hybridized carbons (Fsp3) is 0.154. The lowest BCUT2D eigenvalue weighted by Crippen LogP contribution is -2.12. The highest BCUT2D eigenvalue weighted by Crippen LogP contribution is 2.24. The predicted molar refractivity (Wildman–Crippen MR) is 63.1 cm³/mol. The fourth-order valence-electron chi connectivity index (χ4n) is 1.66. The van der Waals surface area contributed by atoms with Crippen molar-refractivity contribution < 1.29 is 19.2 Å². The van der Waals surface area contributed by atoms with Crippen molar-refractivity contribution in [1.29, 1.82) is 0 Å². The number of carboxylic acid groups (broad SMARTS) is 1. The maximum atomic E-state index is 10.9. The zero-order valence-corrected chi connectivity index (χ0v) is 9.66. The highest BCUT2D eigenvalue weighted by atomic mass is 16.5. The number of carboxylic acids is 1. The summed E-state index contributed by atoms with van der Waals surface area (Å²) >= 11 is 0. The number of aryl methyl sites for hydroxylation is 1. The number of hydrogen-bond donors (Lipinski definition) is 1. The average Bonchev–Trinajstić information content (AvgIpc) is 2.77. The van der Waals surface area contributed by atoms with Crippen LogP contribution >= 0.6 is 0 Å². The van der Waals surface area contributed by atoms with Gasteiger partial charge in [0.25, 0.3) is 0 Å². The van der Waals surface area contributed by atoms with Gasteiger partial charge in [-0.15, -0.1) is 0 Å². The van der Waals surface area contributed by atoms with E-state index in [2.05, 4.69) is 5.16 Å². The molecule has 5 heteroatoms. The fourth-order valence-corrected chi connectivity index (χ4v) is 1.66. The van der Waals surface area contributed by atoms with E-state index in [4.69, 9.17) is 9.63 Å². The van der Waals surface area contributed by atoms with Crippen LogP contribution in [0.15, 0.2) is 34.9 Å². The normalized spacial score (nSPS) is 12.1. The van der Waals surface area contributed by atoms with Crippen molar-refractivity contribution in [2.24, 2.45) is 0 Å². The third-order valence-corrected chi connectivity index (χ3v) is 2.56. The first-order chi connectivity index (χ1) is 8.61. The highest BCUT2D eigenvalue weighted by molar-refractivity contribution is 5.93. The van der Waals surface area contributed by atoms with Crippen molar-refractivity contribution in [3.8, 4) is 11.3 Å². The molecule has 0 saturated heterocycles. The van der Waals surface area contributed by atoms with Crippen LogP contribution in [0.5, 0.6) is 0 Å². The van der Waals surface area contributed by atoms with Crippen molar-refractivity contribution in [3.05, 3.63) is 41.6 Å². The number of carbonyl (C=O) groups excluding carboxylic acids is 1. The maximum Gasteiger partial charge on any atom is 0.318 e. The molecule has 0 aliphatic carbocycles. The van der Waals surface area contributed by atoms with Crippen LogP contribution < -0.4 is 0 Å². The molecule has 1 unspecified atom stereocenters. The highest BCUT2D eigenvalue weighted by Gasteiger charge is 2.19. The lowest BCUT2D eigenvalue weighted by molar-refractivity contribution is -0.140. The molecule has 92 valence electrons. The van der Waals surface area contributed by atoms with Crippen molar-refractivity contribution in [2.45, 2.75) is 12.8 Å². The lowest BCUT2D eigenvalue weighted by atomic mass is 9.98.